The van der Waals surface area contributed by atoms with Crippen LogP contribution in [0.3, 0.4) is 0 Å². The second-order valence-electron chi connectivity index (χ2n) is 4.61. The van der Waals surface area contributed by atoms with E-state index in [1.165, 1.54) is 6.07 Å². The van der Waals surface area contributed by atoms with Crippen LogP contribution < -0.4 is 11.0 Å². The molecule has 0 radical (unpaired) electrons. The quantitative estimate of drug-likeness (QED) is 0.587. The molecule has 3 N–H and O–H groups in total. The van der Waals surface area contributed by atoms with Gasteiger partial charge in [0.15, 0.2) is 0 Å². The fraction of sp³-hybridized carbons (Fsp3) is 0.214. The van der Waals surface area contributed by atoms with E-state index in [-0.39, 0.29) is 5.56 Å². The van der Waals surface area contributed by atoms with Gasteiger partial charge in [-0.25, -0.2) is 10.4 Å². The minimum absolute atomic E-state index is 0.230. The minimum Gasteiger partial charge on any atom is -0.507 e. The summed E-state index contributed by atoms with van der Waals surface area (Å²) in [6, 6.07) is 5.04. The third-order valence-electron chi connectivity index (χ3n) is 2.77. The Morgan fingerprint density at radius 3 is 2.50 bits per heavy atom. The predicted octanol–water partition coefficient (Wildman–Crippen LogP) is 1.85. The van der Waals surface area contributed by atoms with Crippen LogP contribution >= 0.6 is 0 Å². The number of aryl methyl sites for hydroxylation is 3. The van der Waals surface area contributed by atoms with E-state index in [4.69, 9.17) is 0 Å². The molecule has 0 atom stereocenters. The highest BCUT2D eigenvalue weighted by molar-refractivity contribution is 5.81. The van der Waals surface area contributed by atoms with Crippen molar-refractivity contribution in [1.29, 1.82) is 0 Å². The molecule has 0 saturated heterocycles. The zero-order chi connectivity index (χ0) is 14.7. The number of aromatic nitrogens is 2. The number of hydrazone groups is 1. The number of aromatic hydroxyl groups is 1. The topological polar surface area (TPSA) is 90.4 Å². The smallest absolute Gasteiger partial charge is 0.252 e. The van der Waals surface area contributed by atoms with Gasteiger partial charge >= 0.3 is 0 Å². The molecule has 2 rings (SSSR count). The molecule has 0 bridgehead atoms. The Balaban J connectivity index is 2.16. The molecule has 104 valence electrons. The van der Waals surface area contributed by atoms with Gasteiger partial charge in [-0.05, 0) is 49.6 Å². The first-order chi connectivity index (χ1) is 9.45. The molecule has 1 aromatic heterocycles. The van der Waals surface area contributed by atoms with Crippen molar-refractivity contribution in [3.8, 4) is 5.75 Å². The van der Waals surface area contributed by atoms with E-state index in [2.05, 4.69) is 20.5 Å². The van der Waals surface area contributed by atoms with Crippen LogP contribution in [0.2, 0.25) is 0 Å². The second kappa shape index (κ2) is 5.56. The summed E-state index contributed by atoms with van der Waals surface area (Å²) in [5.74, 6) is 0.582. The van der Waals surface area contributed by atoms with Crippen LogP contribution in [-0.4, -0.2) is 21.3 Å². The lowest BCUT2D eigenvalue weighted by molar-refractivity contribution is 0.467. The number of nitrogens with one attached hydrogen (secondary N) is 2. The Kier molecular flexibility index (Phi) is 3.84. The monoisotopic (exact) mass is 272 g/mol. The van der Waals surface area contributed by atoms with Crippen LogP contribution in [0.4, 0.5) is 5.95 Å². The molecule has 0 unspecified atom stereocenters. The van der Waals surface area contributed by atoms with Crippen molar-refractivity contribution in [2.45, 2.75) is 20.8 Å². The lowest BCUT2D eigenvalue weighted by Crippen LogP contribution is -2.10. The SMILES string of the molecule is Cc1cc(=O)[nH]c(N/N=C/c2cc(C)c(O)c(C)c2)n1. The summed E-state index contributed by atoms with van der Waals surface area (Å²) in [5.41, 5.74) is 5.47. The number of phenols is 1. The van der Waals surface area contributed by atoms with Gasteiger partial charge in [-0.15, -0.1) is 0 Å². The molecule has 6 nitrogen and oxygen atoms in total. The van der Waals surface area contributed by atoms with Gasteiger partial charge in [0.05, 0.1) is 6.21 Å². The summed E-state index contributed by atoms with van der Waals surface area (Å²) in [5, 5.41) is 13.7. The Morgan fingerprint density at radius 1 is 1.25 bits per heavy atom. The fourth-order valence-corrected chi connectivity index (χ4v) is 1.86. The molecule has 1 aromatic carbocycles. The summed E-state index contributed by atoms with van der Waals surface area (Å²) < 4.78 is 0. The number of benzene rings is 1. The maximum Gasteiger partial charge on any atom is 0.252 e. The Bertz CT molecular complexity index is 696. The predicted molar refractivity (Wildman–Crippen MR) is 78.4 cm³/mol. The molecule has 0 aliphatic heterocycles. The minimum atomic E-state index is -0.230. The van der Waals surface area contributed by atoms with Crippen molar-refractivity contribution in [1.82, 2.24) is 9.97 Å². The van der Waals surface area contributed by atoms with E-state index < -0.39 is 0 Å². The largest absolute Gasteiger partial charge is 0.507 e. The van der Waals surface area contributed by atoms with E-state index in [0.29, 0.717) is 17.4 Å². The Morgan fingerprint density at radius 2 is 1.90 bits per heavy atom. The molecule has 0 fully saturated rings. The molecule has 1 heterocycles. The normalized spacial score (nSPS) is 10.9. The van der Waals surface area contributed by atoms with Crippen molar-refractivity contribution in [3.63, 3.8) is 0 Å². The maximum absolute atomic E-state index is 11.3. The number of aromatic amines is 1. The van der Waals surface area contributed by atoms with Gasteiger partial charge in [0.25, 0.3) is 5.56 Å². The maximum atomic E-state index is 11.3. The second-order valence-corrected chi connectivity index (χ2v) is 4.61. The van der Waals surface area contributed by atoms with Crippen LogP contribution in [0.15, 0.2) is 28.1 Å². The number of hydrogen-bond donors (Lipinski definition) is 3. The van der Waals surface area contributed by atoms with Crippen molar-refractivity contribution < 1.29 is 5.11 Å². The van der Waals surface area contributed by atoms with E-state index in [1.807, 2.05) is 26.0 Å². The summed E-state index contributed by atoms with van der Waals surface area (Å²) in [6.07, 6.45) is 1.60. The van der Waals surface area contributed by atoms with Crippen molar-refractivity contribution in [2.24, 2.45) is 5.10 Å². The molecule has 0 spiro atoms. The molecule has 20 heavy (non-hydrogen) atoms. The number of rotatable bonds is 3. The number of phenolic OH excluding ortho intramolecular Hbond substituents is 1. The van der Waals surface area contributed by atoms with Gasteiger partial charge < -0.3 is 5.11 Å². The molecule has 2 aromatic rings. The van der Waals surface area contributed by atoms with Crippen molar-refractivity contribution in [2.75, 3.05) is 5.43 Å². The summed E-state index contributed by atoms with van der Waals surface area (Å²) in [7, 11) is 0. The average Bonchev–Trinajstić information content (AvgIpc) is 2.34. The van der Waals surface area contributed by atoms with E-state index in [0.717, 1.165) is 16.7 Å². The summed E-state index contributed by atoms with van der Waals surface area (Å²) in [4.78, 5) is 17.9. The van der Waals surface area contributed by atoms with Gasteiger partial charge in [0.2, 0.25) is 5.95 Å². The highest BCUT2D eigenvalue weighted by Gasteiger charge is 2.01. The number of nitrogens with zero attached hydrogens (tertiary/aromatic N) is 2. The van der Waals surface area contributed by atoms with Crippen LogP contribution in [0.25, 0.3) is 0 Å². The molecular formula is C14H16N4O2. The van der Waals surface area contributed by atoms with Gasteiger partial charge in [0.1, 0.15) is 5.75 Å². The average molecular weight is 272 g/mol. The molecule has 0 saturated carbocycles. The first-order valence-corrected chi connectivity index (χ1v) is 6.13. The fourth-order valence-electron chi connectivity index (χ4n) is 1.86. The third-order valence-corrected chi connectivity index (χ3v) is 2.77. The van der Waals surface area contributed by atoms with Crippen LogP contribution in [0.5, 0.6) is 5.75 Å². The molecule has 0 aliphatic rings. The first kappa shape index (κ1) is 13.8. The van der Waals surface area contributed by atoms with E-state index >= 15 is 0 Å². The molecule has 0 amide bonds. The molecule has 6 heteroatoms. The highest BCUT2D eigenvalue weighted by atomic mass is 16.3. The van der Waals surface area contributed by atoms with Gasteiger partial charge in [-0.3, -0.25) is 9.78 Å². The van der Waals surface area contributed by atoms with Crippen molar-refractivity contribution >= 4 is 12.2 Å². The standard InChI is InChI=1S/C14H16N4O2/c1-8-4-11(5-9(2)13(8)20)7-15-18-14-16-10(3)6-12(19)17-14/h4-7,20H,1-3H3,(H2,16,17,18,19)/b15-7+. The number of hydrogen-bond acceptors (Lipinski definition) is 5. The van der Waals surface area contributed by atoms with E-state index in [1.54, 1.807) is 13.1 Å². The van der Waals surface area contributed by atoms with Gasteiger partial charge in [0, 0.05) is 11.8 Å². The highest BCUT2D eigenvalue weighted by Crippen LogP contribution is 2.21. The van der Waals surface area contributed by atoms with Crippen LogP contribution in [0, 0.1) is 20.8 Å². The van der Waals surface area contributed by atoms with Gasteiger partial charge in [-0.2, -0.15) is 5.10 Å². The first-order valence-electron chi connectivity index (χ1n) is 6.13. The molecule has 0 aliphatic carbocycles. The lowest BCUT2D eigenvalue weighted by atomic mass is 10.1. The van der Waals surface area contributed by atoms with E-state index in [9.17, 15) is 9.90 Å². The lowest BCUT2D eigenvalue weighted by Gasteiger charge is -2.04. The Hall–Kier alpha value is -2.63. The number of anilines is 1. The third kappa shape index (κ3) is 3.23. The Labute approximate surface area is 116 Å². The number of H-pyrrole nitrogens is 1. The zero-order valence-electron chi connectivity index (χ0n) is 11.6. The van der Waals surface area contributed by atoms with Crippen LogP contribution in [0.1, 0.15) is 22.4 Å². The molecular weight excluding hydrogens is 256 g/mol. The zero-order valence-corrected chi connectivity index (χ0v) is 11.6. The van der Waals surface area contributed by atoms with Gasteiger partial charge in [-0.1, -0.05) is 0 Å². The summed E-state index contributed by atoms with van der Waals surface area (Å²) in [6.45, 7) is 5.39. The summed E-state index contributed by atoms with van der Waals surface area (Å²) >= 11 is 0. The van der Waals surface area contributed by atoms with Crippen LogP contribution in [-0.2, 0) is 0 Å². The van der Waals surface area contributed by atoms with Crippen molar-refractivity contribution in [3.05, 3.63) is 50.9 Å².